The Hall–Kier alpha value is -2.56. The van der Waals surface area contributed by atoms with E-state index < -0.39 is 0 Å². The molecule has 1 aromatic heterocycles. The van der Waals surface area contributed by atoms with E-state index in [4.69, 9.17) is 0 Å². The SMILES string of the molecule is CCn1c(C(=O)N2CC=C(c3ccccc3)C2)c[nH]c1=O. The van der Waals surface area contributed by atoms with Gasteiger partial charge in [0.05, 0.1) is 0 Å². The molecular weight excluding hydrogens is 266 g/mol. The number of aromatic nitrogens is 2. The van der Waals surface area contributed by atoms with Gasteiger partial charge in [-0.1, -0.05) is 36.4 Å². The van der Waals surface area contributed by atoms with Crippen LogP contribution < -0.4 is 5.69 Å². The van der Waals surface area contributed by atoms with Crippen molar-refractivity contribution in [1.29, 1.82) is 0 Å². The first-order valence-corrected chi connectivity index (χ1v) is 7.02. The molecule has 2 aromatic rings. The lowest BCUT2D eigenvalue weighted by molar-refractivity contribution is 0.0790. The minimum absolute atomic E-state index is 0.114. The van der Waals surface area contributed by atoms with Crippen LogP contribution in [0, 0.1) is 0 Å². The van der Waals surface area contributed by atoms with Gasteiger partial charge in [-0.25, -0.2) is 4.79 Å². The largest absolute Gasteiger partial charge is 0.329 e. The van der Waals surface area contributed by atoms with Gasteiger partial charge in [-0.05, 0) is 18.1 Å². The first-order valence-electron chi connectivity index (χ1n) is 7.02. The van der Waals surface area contributed by atoms with E-state index in [2.05, 4.69) is 11.1 Å². The number of hydrogen-bond acceptors (Lipinski definition) is 2. The second-order valence-electron chi connectivity index (χ2n) is 5.00. The van der Waals surface area contributed by atoms with E-state index in [1.807, 2.05) is 37.3 Å². The predicted molar refractivity (Wildman–Crippen MR) is 81.0 cm³/mol. The summed E-state index contributed by atoms with van der Waals surface area (Å²) >= 11 is 0. The molecule has 0 aliphatic carbocycles. The summed E-state index contributed by atoms with van der Waals surface area (Å²) in [6.45, 7) is 3.48. The molecule has 5 heteroatoms. The monoisotopic (exact) mass is 283 g/mol. The Bertz CT molecular complexity index is 740. The number of amides is 1. The number of H-pyrrole nitrogens is 1. The zero-order valence-electron chi connectivity index (χ0n) is 11.9. The summed E-state index contributed by atoms with van der Waals surface area (Å²) in [6, 6.07) is 10.0. The number of carbonyl (C=O) groups is 1. The summed E-state index contributed by atoms with van der Waals surface area (Å²) in [5.41, 5.74) is 2.46. The van der Waals surface area contributed by atoms with E-state index in [0.717, 1.165) is 11.1 Å². The van der Waals surface area contributed by atoms with Gasteiger partial charge in [-0.15, -0.1) is 0 Å². The highest BCUT2D eigenvalue weighted by atomic mass is 16.2. The molecule has 1 aromatic carbocycles. The molecule has 21 heavy (non-hydrogen) atoms. The zero-order valence-corrected chi connectivity index (χ0v) is 11.9. The molecule has 0 saturated heterocycles. The van der Waals surface area contributed by atoms with Crippen LogP contribution in [-0.2, 0) is 6.54 Å². The molecule has 0 fully saturated rings. The fraction of sp³-hybridized carbons (Fsp3) is 0.250. The van der Waals surface area contributed by atoms with E-state index >= 15 is 0 Å². The van der Waals surface area contributed by atoms with Gasteiger partial charge in [-0.3, -0.25) is 9.36 Å². The molecule has 0 radical (unpaired) electrons. The summed E-state index contributed by atoms with van der Waals surface area (Å²) in [7, 11) is 0. The van der Waals surface area contributed by atoms with Gasteiger partial charge in [-0.2, -0.15) is 0 Å². The predicted octanol–water partition coefficient (Wildman–Crippen LogP) is 1.74. The van der Waals surface area contributed by atoms with Crippen LogP contribution in [0.4, 0.5) is 0 Å². The number of carbonyl (C=O) groups excluding carboxylic acids is 1. The summed E-state index contributed by atoms with van der Waals surface area (Å²) in [4.78, 5) is 28.5. The quantitative estimate of drug-likeness (QED) is 0.932. The van der Waals surface area contributed by atoms with E-state index in [-0.39, 0.29) is 11.6 Å². The first kappa shape index (κ1) is 13.4. The normalized spacial score (nSPS) is 14.3. The standard InChI is InChI=1S/C16H17N3O2/c1-2-19-14(10-17-16(19)21)15(20)18-9-8-13(11-18)12-6-4-3-5-7-12/h3-8,10H,2,9,11H2,1H3,(H,17,21). The van der Waals surface area contributed by atoms with Crippen molar-refractivity contribution in [1.82, 2.24) is 14.5 Å². The Morgan fingerprint density at radius 1 is 1.29 bits per heavy atom. The average Bonchev–Trinajstić information content (AvgIpc) is 3.14. The molecule has 2 heterocycles. The zero-order chi connectivity index (χ0) is 14.8. The van der Waals surface area contributed by atoms with E-state index in [1.54, 1.807) is 4.90 Å². The molecule has 3 rings (SSSR count). The number of hydrogen-bond donors (Lipinski definition) is 1. The molecule has 1 N–H and O–H groups in total. The van der Waals surface area contributed by atoms with Crippen molar-refractivity contribution in [3.05, 3.63) is 64.3 Å². The van der Waals surface area contributed by atoms with Gasteiger partial charge < -0.3 is 9.88 Å². The Morgan fingerprint density at radius 3 is 2.76 bits per heavy atom. The minimum Gasteiger partial charge on any atom is -0.329 e. The van der Waals surface area contributed by atoms with Crippen LogP contribution >= 0.6 is 0 Å². The summed E-state index contributed by atoms with van der Waals surface area (Å²) in [5, 5.41) is 0. The van der Waals surface area contributed by atoms with Crippen LogP contribution in [-0.4, -0.2) is 33.4 Å². The maximum absolute atomic E-state index is 12.5. The molecule has 1 aliphatic heterocycles. The highest BCUT2D eigenvalue weighted by Crippen LogP contribution is 2.21. The molecule has 1 aliphatic rings. The third-order valence-corrected chi connectivity index (χ3v) is 3.75. The molecule has 0 spiro atoms. The Morgan fingerprint density at radius 2 is 2.05 bits per heavy atom. The van der Waals surface area contributed by atoms with Gasteiger partial charge in [0, 0.05) is 25.8 Å². The van der Waals surface area contributed by atoms with Crippen molar-refractivity contribution in [2.75, 3.05) is 13.1 Å². The van der Waals surface area contributed by atoms with Gasteiger partial charge in [0.25, 0.3) is 5.91 Å². The number of rotatable bonds is 3. The van der Waals surface area contributed by atoms with Crippen molar-refractivity contribution >= 4 is 11.5 Å². The number of benzene rings is 1. The average molecular weight is 283 g/mol. The Balaban J connectivity index is 1.79. The van der Waals surface area contributed by atoms with E-state index in [0.29, 0.717) is 25.3 Å². The Kier molecular flexibility index (Phi) is 3.48. The molecule has 1 amide bonds. The van der Waals surface area contributed by atoms with Crippen LogP contribution in [0.3, 0.4) is 0 Å². The molecule has 0 saturated carbocycles. The van der Waals surface area contributed by atoms with Crippen molar-refractivity contribution in [3.63, 3.8) is 0 Å². The number of nitrogens with one attached hydrogen (secondary N) is 1. The van der Waals surface area contributed by atoms with Crippen LogP contribution in [0.25, 0.3) is 5.57 Å². The number of aromatic amines is 1. The third kappa shape index (κ3) is 2.42. The lowest BCUT2D eigenvalue weighted by atomic mass is 10.1. The van der Waals surface area contributed by atoms with Gasteiger partial charge in [0.1, 0.15) is 5.69 Å². The highest BCUT2D eigenvalue weighted by Gasteiger charge is 2.24. The second-order valence-corrected chi connectivity index (χ2v) is 5.00. The summed E-state index contributed by atoms with van der Waals surface area (Å²) in [5.74, 6) is -0.114. The molecule has 108 valence electrons. The van der Waals surface area contributed by atoms with Crippen LogP contribution in [0.15, 0.2) is 47.4 Å². The molecular formula is C16H17N3O2. The summed E-state index contributed by atoms with van der Waals surface area (Å²) < 4.78 is 1.46. The molecule has 5 nitrogen and oxygen atoms in total. The first-order chi connectivity index (χ1) is 10.2. The number of nitrogens with zero attached hydrogens (tertiary/aromatic N) is 2. The molecule has 0 bridgehead atoms. The van der Waals surface area contributed by atoms with Crippen molar-refractivity contribution in [3.8, 4) is 0 Å². The molecule has 0 unspecified atom stereocenters. The van der Waals surface area contributed by atoms with E-state index in [9.17, 15) is 9.59 Å². The maximum Gasteiger partial charge on any atom is 0.326 e. The third-order valence-electron chi connectivity index (χ3n) is 3.75. The summed E-state index contributed by atoms with van der Waals surface area (Å²) in [6.07, 6.45) is 3.56. The van der Waals surface area contributed by atoms with Crippen molar-refractivity contribution in [2.45, 2.75) is 13.5 Å². The van der Waals surface area contributed by atoms with E-state index in [1.165, 1.54) is 10.8 Å². The lowest BCUT2D eigenvalue weighted by Gasteiger charge is -2.17. The Labute approximate surface area is 122 Å². The van der Waals surface area contributed by atoms with Crippen molar-refractivity contribution < 1.29 is 4.79 Å². The van der Waals surface area contributed by atoms with Crippen LogP contribution in [0.1, 0.15) is 23.0 Å². The van der Waals surface area contributed by atoms with Gasteiger partial charge in [0.15, 0.2) is 0 Å². The molecule has 0 atom stereocenters. The fourth-order valence-electron chi connectivity index (χ4n) is 2.62. The highest BCUT2D eigenvalue weighted by molar-refractivity contribution is 5.94. The van der Waals surface area contributed by atoms with Crippen molar-refractivity contribution in [2.24, 2.45) is 0 Å². The van der Waals surface area contributed by atoms with Crippen LogP contribution in [0.5, 0.6) is 0 Å². The fourth-order valence-corrected chi connectivity index (χ4v) is 2.62. The number of imidazole rings is 1. The minimum atomic E-state index is -0.240. The second kappa shape index (κ2) is 5.44. The lowest BCUT2D eigenvalue weighted by Crippen LogP contribution is -2.32. The van der Waals surface area contributed by atoms with Crippen LogP contribution in [0.2, 0.25) is 0 Å². The maximum atomic E-state index is 12.5. The van der Waals surface area contributed by atoms with Gasteiger partial charge in [0.2, 0.25) is 0 Å². The van der Waals surface area contributed by atoms with Gasteiger partial charge >= 0.3 is 5.69 Å². The smallest absolute Gasteiger partial charge is 0.326 e. The topological polar surface area (TPSA) is 58.1 Å².